The van der Waals surface area contributed by atoms with Crippen LogP contribution in [0.25, 0.3) is 11.6 Å². The Kier molecular flexibility index (Phi) is 7.27. The second-order valence-corrected chi connectivity index (χ2v) is 6.01. The Morgan fingerprint density at radius 2 is 1.76 bits per heavy atom. The fourth-order valence-corrected chi connectivity index (χ4v) is 2.61. The van der Waals surface area contributed by atoms with Gasteiger partial charge in [0.2, 0.25) is 0 Å². The molecule has 0 atom stereocenters. The molecule has 0 aliphatic heterocycles. The molecule has 2 rings (SSSR count). The van der Waals surface area contributed by atoms with E-state index in [9.17, 15) is 9.90 Å². The number of benzene rings is 2. The summed E-state index contributed by atoms with van der Waals surface area (Å²) in [6, 6.07) is 15.2. The number of ether oxygens (including phenoxy) is 1. The van der Waals surface area contributed by atoms with Gasteiger partial charge in [0.05, 0.1) is 12.2 Å². The van der Waals surface area contributed by atoms with Gasteiger partial charge in [-0.1, -0.05) is 69.2 Å². The first kappa shape index (κ1) is 18.8. The first-order valence-corrected chi connectivity index (χ1v) is 8.91. The van der Waals surface area contributed by atoms with Crippen LogP contribution in [0.15, 0.2) is 48.5 Å². The fourth-order valence-electron chi connectivity index (χ4n) is 2.61. The van der Waals surface area contributed by atoms with E-state index < -0.39 is 5.97 Å². The molecular formula is C22H26O3. The van der Waals surface area contributed by atoms with E-state index >= 15 is 0 Å². The zero-order chi connectivity index (χ0) is 18.1. The summed E-state index contributed by atoms with van der Waals surface area (Å²) in [6.07, 6.45) is 5.89. The molecule has 2 aromatic carbocycles. The summed E-state index contributed by atoms with van der Waals surface area (Å²) >= 11 is 0. The molecule has 0 heterocycles. The van der Waals surface area contributed by atoms with Crippen LogP contribution in [-0.4, -0.2) is 17.7 Å². The lowest BCUT2D eigenvalue weighted by Crippen LogP contribution is -2.02. The van der Waals surface area contributed by atoms with Gasteiger partial charge in [-0.25, -0.2) is 4.79 Å². The van der Waals surface area contributed by atoms with Crippen LogP contribution in [0.1, 0.15) is 49.8 Å². The smallest absolute Gasteiger partial charge is 0.336 e. The van der Waals surface area contributed by atoms with Gasteiger partial charge in [-0.15, -0.1) is 0 Å². The quantitative estimate of drug-likeness (QED) is 0.376. The highest BCUT2D eigenvalue weighted by molar-refractivity contribution is 6.20. The van der Waals surface area contributed by atoms with E-state index in [0.29, 0.717) is 12.2 Å². The second-order valence-electron chi connectivity index (χ2n) is 6.01. The minimum absolute atomic E-state index is 0.271. The molecule has 0 aromatic heterocycles. The van der Waals surface area contributed by atoms with Gasteiger partial charge in [0, 0.05) is 5.56 Å². The molecule has 0 bridgehead atoms. The summed E-state index contributed by atoms with van der Waals surface area (Å²) in [5.41, 5.74) is 2.95. The van der Waals surface area contributed by atoms with E-state index in [1.165, 1.54) is 5.56 Å². The minimum Gasteiger partial charge on any atom is -0.493 e. The van der Waals surface area contributed by atoms with Crippen molar-refractivity contribution < 1.29 is 14.6 Å². The Labute approximate surface area is 150 Å². The Morgan fingerprint density at radius 3 is 2.40 bits per heavy atom. The number of carboxylic acid groups (broad SMARTS) is 1. The van der Waals surface area contributed by atoms with Crippen molar-refractivity contribution in [3.63, 3.8) is 0 Å². The van der Waals surface area contributed by atoms with Crippen molar-refractivity contribution in [2.75, 3.05) is 6.61 Å². The lowest BCUT2D eigenvalue weighted by Gasteiger charge is -2.10. The average Bonchev–Trinajstić information content (AvgIpc) is 2.64. The molecule has 0 unspecified atom stereocenters. The molecule has 3 nitrogen and oxygen atoms in total. The van der Waals surface area contributed by atoms with Gasteiger partial charge in [0.15, 0.2) is 0 Å². The summed E-state index contributed by atoms with van der Waals surface area (Å²) < 4.78 is 5.85. The predicted octanol–water partition coefficient (Wildman–Crippen LogP) is 5.44. The number of aliphatic carboxylic acids is 1. The molecule has 0 saturated heterocycles. The molecule has 0 amide bonds. The van der Waals surface area contributed by atoms with Crippen molar-refractivity contribution in [1.29, 1.82) is 0 Å². The van der Waals surface area contributed by atoms with Crippen LogP contribution in [0.2, 0.25) is 0 Å². The van der Waals surface area contributed by atoms with Crippen LogP contribution in [0.5, 0.6) is 5.75 Å². The van der Waals surface area contributed by atoms with E-state index in [-0.39, 0.29) is 5.57 Å². The van der Waals surface area contributed by atoms with Gasteiger partial charge < -0.3 is 9.84 Å². The molecule has 1 N–H and O–H groups in total. The number of carbonyl (C=O) groups is 1. The van der Waals surface area contributed by atoms with Crippen molar-refractivity contribution >= 4 is 17.6 Å². The average molecular weight is 338 g/mol. The van der Waals surface area contributed by atoms with Gasteiger partial charge in [0.25, 0.3) is 0 Å². The van der Waals surface area contributed by atoms with Crippen molar-refractivity contribution in [2.24, 2.45) is 0 Å². The number of aryl methyl sites for hydroxylation is 1. The van der Waals surface area contributed by atoms with Crippen molar-refractivity contribution in [3.05, 3.63) is 65.2 Å². The summed E-state index contributed by atoms with van der Waals surface area (Å²) in [5, 5.41) is 9.64. The molecular weight excluding hydrogens is 312 g/mol. The lowest BCUT2D eigenvalue weighted by molar-refractivity contribution is -0.130. The fraction of sp³-hybridized carbons (Fsp3) is 0.318. The molecule has 0 fully saturated rings. The molecule has 0 saturated carbocycles. The molecule has 0 aliphatic rings. The van der Waals surface area contributed by atoms with Crippen LogP contribution in [-0.2, 0) is 11.2 Å². The van der Waals surface area contributed by atoms with E-state index in [2.05, 4.69) is 13.8 Å². The molecule has 0 spiro atoms. The third kappa shape index (κ3) is 5.49. The first-order chi connectivity index (χ1) is 12.2. The van der Waals surface area contributed by atoms with Crippen LogP contribution in [0, 0.1) is 0 Å². The van der Waals surface area contributed by atoms with Crippen LogP contribution in [0.4, 0.5) is 0 Å². The Bertz CT molecular complexity index is 714. The van der Waals surface area contributed by atoms with Gasteiger partial charge in [-0.3, -0.25) is 0 Å². The largest absolute Gasteiger partial charge is 0.493 e. The highest BCUT2D eigenvalue weighted by atomic mass is 16.5. The van der Waals surface area contributed by atoms with Crippen LogP contribution < -0.4 is 4.74 Å². The molecule has 3 heteroatoms. The minimum atomic E-state index is -0.940. The summed E-state index contributed by atoms with van der Waals surface area (Å²) in [5.74, 6) is -0.215. The Hall–Kier alpha value is -2.55. The van der Waals surface area contributed by atoms with Gasteiger partial charge in [-0.2, -0.15) is 0 Å². The molecule has 132 valence electrons. The van der Waals surface area contributed by atoms with Crippen molar-refractivity contribution in [2.45, 2.75) is 39.5 Å². The number of hydrogen-bond donors (Lipinski definition) is 1. The van der Waals surface area contributed by atoms with Crippen molar-refractivity contribution in [1.82, 2.24) is 0 Å². The van der Waals surface area contributed by atoms with E-state index in [4.69, 9.17) is 4.74 Å². The van der Waals surface area contributed by atoms with E-state index in [1.807, 2.05) is 48.5 Å². The number of rotatable bonds is 9. The SMILES string of the molecule is CCCCCOc1ccccc1/C=C(\C(=O)O)c1ccc(CC)cc1. The first-order valence-electron chi connectivity index (χ1n) is 8.91. The zero-order valence-corrected chi connectivity index (χ0v) is 15.0. The maximum absolute atomic E-state index is 11.8. The standard InChI is InChI=1S/C22H26O3/c1-3-5-8-15-25-21-10-7-6-9-19(21)16-20(22(23)24)18-13-11-17(4-2)12-14-18/h6-7,9-14,16H,3-5,8,15H2,1-2H3,(H,23,24)/b20-16-. The number of carboxylic acids is 1. The van der Waals surface area contributed by atoms with Crippen LogP contribution in [0.3, 0.4) is 0 Å². The van der Waals surface area contributed by atoms with E-state index in [0.717, 1.165) is 37.0 Å². The predicted molar refractivity (Wildman–Crippen MR) is 103 cm³/mol. The van der Waals surface area contributed by atoms with Gasteiger partial charge >= 0.3 is 5.97 Å². The molecule has 0 radical (unpaired) electrons. The molecule has 2 aromatic rings. The maximum atomic E-state index is 11.8. The summed E-state index contributed by atoms with van der Waals surface area (Å²) in [7, 11) is 0. The third-order valence-electron chi connectivity index (χ3n) is 4.13. The Morgan fingerprint density at radius 1 is 1.04 bits per heavy atom. The topological polar surface area (TPSA) is 46.5 Å². The Balaban J connectivity index is 2.28. The maximum Gasteiger partial charge on any atom is 0.336 e. The van der Waals surface area contributed by atoms with Crippen LogP contribution >= 0.6 is 0 Å². The summed E-state index contributed by atoms with van der Waals surface area (Å²) in [6.45, 7) is 4.88. The number of unbranched alkanes of at least 4 members (excludes halogenated alkanes) is 2. The monoisotopic (exact) mass is 338 g/mol. The van der Waals surface area contributed by atoms with E-state index in [1.54, 1.807) is 6.08 Å². The highest BCUT2D eigenvalue weighted by Crippen LogP contribution is 2.25. The highest BCUT2D eigenvalue weighted by Gasteiger charge is 2.12. The summed E-state index contributed by atoms with van der Waals surface area (Å²) in [4.78, 5) is 11.8. The number of hydrogen-bond acceptors (Lipinski definition) is 2. The second kappa shape index (κ2) is 9.67. The normalized spacial score (nSPS) is 11.4. The number of para-hydroxylation sites is 1. The van der Waals surface area contributed by atoms with Gasteiger partial charge in [0.1, 0.15) is 5.75 Å². The van der Waals surface area contributed by atoms with Gasteiger partial charge in [-0.05, 0) is 36.1 Å². The molecule has 0 aliphatic carbocycles. The lowest BCUT2D eigenvalue weighted by atomic mass is 10.0. The third-order valence-corrected chi connectivity index (χ3v) is 4.13. The molecule has 25 heavy (non-hydrogen) atoms. The van der Waals surface area contributed by atoms with Crippen molar-refractivity contribution in [3.8, 4) is 5.75 Å². The zero-order valence-electron chi connectivity index (χ0n) is 15.0.